The van der Waals surface area contributed by atoms with Crippen LogP contribution in [0, 0.1) is 23.7 Å². The Bertz CT molecular complexity index is 532. The Morgan fingerprint density at radius 1 is 1.15 bits per heavy atom. The van der Waals surface area contributed by atoms with Crippen LogP contribution in [-0.2, 0) is 9.59 Å². The molecular weight excluding hydrogens is 398 g/mol. The summed E-state index contributed by atoms with van der Waals surface area (Å²) in [5, 5.41) is 12.9. The molecule has 1 heterocycles. The van der Waals surface area contributed by atoms with E-state index >= 15 is 0 Å². The van der Waals surface area contributed by atoms with Gasteiger partial charge >= 0.3 is 5.97 Å². The zero-order valence-corrected chi connectivity index (χ0v) is 17.2. The predicted molar refractivity (Wildman–Crippen MR) is 104 cm³/mol. The zero-order valence-electron chi connectivity index (χ0n) is 15.6. The molecule has 4 N–H and O–H groups in total. The molecule has 7 unspecified atom stereocenters. The molecule has 0 aromatic heterocycles. The Morgan fingerprint density at radius 2 is 1.92 bits per heavy atom. The number of nitrogens with one attached hydrogen (secondary N) is 1. The van der Waals surface area contributed by atoms with Crippen molar-refractivity contribution in [3.63, 3.8) is 0 Å². The first-order valence-electron chi connectivity index (χ1n) is 9.96. The molecule has 2 aliphatic carbocycles. The highest BCUT2D eigenvalue weighted by Gasteiger charge is 2.45. The van der Waals surface area contributed by atoms with E-state index in [0.29, 0.717) is 28.6 Å². The molecule has 3 rings (SSSR count). The molecule has 1 amide bonds. The van der Waals surface area contributed by atoms with Gasteiger partial charge in [-0.05, 0) is 63.3 Å². The number of likely N-dealkylation sites (N-methyl/N-ethyl adjacent to an activating group) is 1. The van der Waals surface area contributed by atoms with Crippen LogP contribution < -0.4 is 11.1 Å². The van der Waals surface area contributed by atoms with Crippen molar-refractivity contribution in [2.24, 2.45) is 29.4 Å². The summed E-state index contributed by atoms with van der Waals surface area (Å²) >= 11 is 3.82. The smallest absolute Gasteiger partial charge is 0.317 e. The summed E-state index contributed by atoms with van der Waals surface area (Å²) in [5.74, 6) is 0.726. The lowest BCUT2D eigenvalue weighted by Crippen LogP contribution is -2.60. The number of hydrogen-bond donors (Lipinski definition) is 3. The van der Waals surface area contributed by atoms with E-state index in [1.54, 1.807) is 0 Å². The maximum Gasteiger partial charge on any atom is 0.317 e. The number of halogens is 1. The lowest BCUT2D eigenvalue weighted by Gasteiger charge is -2.51. The summed E-state index contributed by atoms with van der Waals surface area (Å²) < 4.78 is 0. The number of carbonyl (C=O) groups is 2. The fraction of sp³-hybridized carbons (Fsp3) is 0.895. The lowest BCUT2D eigenvalue weighted by molar-refractivity contribution is -0.139. The van der Waals surface area contributed by atoms with Crippen LogP contribution in [0.25, 0.3) is 0 Å². The number of primary amides is 1. The quantitative estimate of drug-likeness (QED) is 0.581. The fourth-order valence-electron chi connectivity index (χ4n) is 5.63. The minimum Gasteiger partial charge on any atom is -0.480 e. The number of piperidine rings is 1. The Labute approximate surface area is 164 Å². The Hall–Kier alpha value is -0.660. The molecule has 3 fully saturated rings. The average molecular weight is 430 g/mol. The van der Waals surface area contributed by atoms with E-state index in [2.05, 4.69) is 21.2 Å². The van der Waals surface area contributed by atoms with Crippen LogP contribution in [0.1, 0.15) is 51.4 Å². The van der Waals surface area contributed by atoms with E-state index < -0.39 is 5.97 Å². The highest BCUT2D eigenvalue weighted by Crippen LogP contribution is 2.47. The minimum atomic E-state index is -0.788. The van der Waals surface area contributed by atoms with Gasteiger partial charge < -0.3 is 10.8 Å². The van der Waals surface area contributed by atoms with Gasteiger partial charge in [0.15, 0.2) is 0 Å². The van der Waals surface area contributed by atoms with Gasteiger partial charge in [-0.25, -0.2) is 0 Å². The maximum absolute atomic E-state index is 11.7. The molecule has 26 heavy (non-hydrogen) atoms. The normalized spacial score (nSPS) is 40.8. The molecule has 148 valence electrons. The van der Waals surface area contributed by atoms with Crippen molar-refractivity contribution < 1.29 is 14.7 Å². The Morgan fingerprint density at radius 3 is 2.62 bits per heavy atom. The third kappa shape index (κ3) is 4.60. The van der Waals surface area contributed by atoms with E-state index in [1.807, 2.05) is 11.9 Å². The monoisotopic (exact) mass is 429 g/mol. The highest BCUT2D eigenvalue weighted by molar-refractivity contribution is 9.09. The van der Waals surface area contributed by atoms with Gasteiger partial charge in [-0.3, -0.25) is 19.8 Å². The van der Waals surface area contributed by atoms with Crippen LogP contribution in [0.3, 0.4) is 0 Å². The van der Waals surface area contributed by atoms with Crippen molar-refractivity contribution in [1.29, 1.82) is 0 Å². The van der Waals surface area contributed by atoms with Gasteiger partial charge in [-0.15, -0.1) is 0 Å². The average Bonchev–Trinajstić information content (AvgIpc) is 2.60. The molecule has 2 saturated carbocycles. The lowest BCUT2D eigenvalue weighted by atomic mass is 9.63. The number of fused-ring (bicyclic) bond motifs is 1. The fourth-order valence-corrected chi connectivity index (χ4v) is 6.32. The Kier molecular flexibility index (Phi) is 6.62. The van der Waals surface area contributed by atoms with Crippen LogP contribution in [0.2, 0.25) is 0 Å². The number of carboxylic acid groups (broad SMARTS) is 1. The molecule has 1 saturated heterocycles. The summed E-state index contributed by atoms with van der Waals surface area (Å²) in [6.45, 7) is 0.0530. The number of alkyl halides is 1. The number of nitrogens with two attached hydrogens (primary N) is 1. The minimum absolute atomic E-state index is 0.0145. The first-order chi connectivity index (χ1) is 12.3. The standard InChI is InChI=1S/C19H32BrN3O3/c1-23(10-18(24)25)17-9-14(11-3-2-4-12(7-11)19(21)26)15-8-13(20)5-6-16(15)22-17/h11-17,22H,2-10H2,1H3,(H2,21,26)(H,24,25). The number of aliphatic carboxylic acids is 1. The third-order valence-electron chi connectivity index (χ3n) is 6.93. The molecule has 0 spiro atoms. The molecule has 3 aliphatic rings. The summed E-state index contributed by atoms with van der Waals surface area (Å²) in [6.07, 6.45) is 8.58. The van der Waals surface area contributed by atoms with Crippen LogP contribution >= 0.6 is 15.9 Å². The summed E-state index contributed by atoms with van der Waals surface area (Å²) in [7, 11) is 1.90. The number of amides is 1. The van der Waals surface area contributed by atoms with Gasteiger partial charge in [0.05, 0.1) is 12.7 Å². The van der Waals surface area contributed by atoms with Gasteiger partial charge in [-0.2, -0.15) is 0 Å². The topological polar surface area (TPSA) is 95.7 Å². The van der Waals surface area contributed by atoms with Gasteiger partial charge in [-0.1, -0.05) is 28.8 Å². The van der Waals surface area contributed by atoms with E-state index in [9.17, 15) is 9.59 Å². The second-order valence-corrected chi connectivity index (χ2v) is 9.89. The highest BCUT2D eigenvalue weighted by atomic mass is 79.9. The van der Waals surface area contributed by atoms with E-state index in [-0.39, 0.29) is 24.5 Å². The van der Waals surface area contributed by atoms with Gasteiger partial charge in [0.2, 0.25) is 5.91 Å². The number of hydrogen-bond acceptors (Lipinski definition) is 4. The van der Waals surface area contributed by atoms with Gasteiger partial charge in [0.25, 0.3) is 0 Å². The first kappa shape index (κ1) is 20.1. The van der Waals surface area contributed by atoms with Crippen molar-refractivity contribution in [2.75, 3.05) is 13.6 Å². The van der Waals surface area contributed by atoms with Crippen molar-refractivity contribution >= 4 is 27.8 Å². The number of nitrogens with zero attached hydrogens (tertiary/aromatic N) is 1. The molecule has 0 bridgehead atoms. The molecule has 7 atom stereocenters. The first-order valence-corrected chi connectivity index (χ1v) is 10.9. The van der Waals surface area contributed by atoms with Crippen molar-refractivity contribution in [1.82, 2.24) is 10.2 Å². The number of rotatable bonds is 5. The van der Waals surface area contributed by atoms with E-state index in [1.165, 1.54) is 6.42 Å². The second kappa shape index (κ2) is 8.57. The molecule has 0 radical (unpaired) electrons. The van der Waals surface area contributed by atoms with Crippen LogP contribution in [-0.4, -0.2) is 52.5 Å². The summed E-state index contributed by atoms with van der Waals surface area (Å²) in [4.78, 5) is 25.4. The third-order valence-corrected chi connectivity index (χ3v) is 7.76. The summed E-state index contributed by atoms with van der Waals surface area (Å²) in [5.41, 5.74) is 5.61. The second-order valence-electron chi connectivity index (χ2n) is 8.60. The zero-order chi connectivity index (χ0) is 18.8. The van der Waals surface area contributed by atoms with Crippen molar-refractivity contribution in [2.45, 2.75) is 68.4 Å². The van der Waals surface area contributed by atoms with Crippen molar-refractivity contribution in [3.8, 4) is 0 Å². The predicted octanol–water partition coefficient (Wildman–Crippen LogP) is 2.16. The SMILES string of the molecule is CN(CC(=O)O)C1CC(C2CCCC(C(N)=O)C2)C2CC(Br)CCC2N1. The number of carbonyl (C=O) groups excluding carboxylic acids is 1. The molecule has 7 heteroatoms. The van der Waals surface area contributed by atoms with Gasteiger partial charge in [0, 0.05) is 16.8 Å². The van der Waals surface area contributed by atoms with Gasteiger partial charge in [0.1, 0.15) is 0 Å². The van der Waals surface area contributed by atoms with Crippen LogP contribution in [0.4, 0.5) is 0 Å². The molecule has 0 aromatic rings. The molecule has 0 aromatic carbocycles. The van der Waals surface area contributed by atoms with Crippen LogP contribution in [0.15, 0.2) is 0 Å². The largest absolute Gasteiger partial charge is 0.480 e. The number of carboxylic acids is 1. The molecule has 1 aliphatic heterocycles. The van der Waals surface area contributed by atoms with Crippen LogP contribution in [0.5, 0.6) is 0 Å². The van der Waals surface area contributed by atoms with E-state index in [4.69, 9.17) is 10.8 Å². The van der Waals surface area contributed by atoms with E-state index in [0.717, 1.165) is 44.9 Å². The maximum atomic E-state index is 11.7. The molecular formula is C19H32BrN3O3. The molecule has 6 nitrogen and oxygen atoms in total. The Balaban J connectivity index is 1.76. The van der Waals surface area contributed by atoms with Crippen molar-refractivity contribution in [3.05, 3.63) is 0 Å². The summed E-state index contributed by atoms with van der Waals surface area (Å²) in [6, 6.07) is 0.442.